The highest BCUT2D eigenvalue weighted by Gasteiger charge is 2.48. The molecule has 0 aliphatic carbocycles. The first-order chi connectivity index (χ1) is 7.26. The van der Waals surface area contributed by atoms with Gasteiger partial charge < -0.3 is 5.73 Å². The maximum Gasteiger partial charge on any atom is 0.384 e. The number of nitrogens with two attached hydrogens (primary N) is 1. The number of anilines is 1. The van der Waals surface area contributed by atoms with E-state index in [9.17, 15) is 21.8 Å². The number of hydrogen-bond donors (Lipinski definition) is 1. The summed E-state index contributed by atoms with van der Waals surface area (Å²) >= 11 is 5.50. The molecule has 0 aliphatic heterocycles. The zero-order valence-electron chi connectivity index (χ0n) is 7.59. The molecule has 1 atom stereocenters. The van der Waals surface area contributed by atoms with Gasteiger partial charge in [-0.15, -0.1) is 0 Å². The Morgan fingerprint density at radius 1 is 1.38 bits per heavy atom. The van der Waals surface area contributed by atoms with Gasteiger partial charge in [-0.3, -0.25) is 0 Å². The van der Waals surface area contributed by atoms with Crippen LogP contribution in [0.25, 0.3) is 0 Å². The van der Waals surface area contributed by atoms with Crippen molar-refractivity contribution in [2.45, 2.75) is 16.6 Å². The standard InChI is InChI=1S/C8H6ClF4NOS/c9-5-3-4(1-2-6(5)14)16(15)8(12,13)7(10)11/h1-3,7H,14H2. The van der Waals surface area contributed by atoms with Gasteiger partial charge in [0.05, 0.1) is 10.7 Å². The summed E-state index contributed by atoms with van der Waals surface area (Å²) in [5.74, 6) is 0. The molecular formula is C8H6ClF4NOS. The highest BCUT2D eigenvalue weighted by atomic mass is 35.5. The van der Waals surface area contributed by atoms with Crippen molar-refractivity contribution < 1.29 is 21.8 Å². The summed E-state index contributed by atoms with van der Waals surface area (Å²) in [7, 11) is -3.17. The van der Waals surface area contributed by atoms with Crippen molar-refractivity contribution in [3.63, 3.8) is 0 Å². The maximum atomic E-state index is 12.7. The van der Waals surface area contributed by atoms with E-state index in [1.165, 1.54) is 0 Å². The van der Waals surface area contributed by atoms with Gasteiger partial charge in [-0.1, -0.05) is 11.6 Å². The van der Waals surface area contributed by atoms with Crippen LogP contribution in [0.4, 0.5) is 23.2 Å². The molecule has 1 aromatic carbocycles. The number of nitrogen functional groups attached to an aromatic ring is 1. The van der Waals surface area contributed by atoms with Gasteiger partial charge in [-0.25, -0.2) is 13.0 Å². The largest absolute Gasteiger partial charge is 0.398 e. The third-order valence-electron chi connectivity index (χ3n) is 1.69. The molecule has 8 heteroatoms. The fourth-order valence-corrected chi connectivity index (χ4v) is 2.00. The first-order valence-corrected chi connectivity index (χ1v) is 5.42. The van der Waals surface area contributed by atoms with Crippen LogP contribution >= 0.6 is 11.6 Å². The van der Waals surface area contributed by atoms with Crippen LogP contribution in [0.15, 0.2) is 23.1 Å². The summed E-state index contributed by atoms with van der Waals surface area (Å²) in [6, 6.07) is 2.97. The van der Waals surface area contributed by atoms with E-state index in [1.807, 2.05) is 0 Å². The Labute approximate surface area is 95.8 Å². The average Bonchev–Trinajstić information content (AvgIpc) is 2.20. The van der Waals surface area contributed by atoms with Crippen molar-refractivity contribution in [2.24, 2.45) is 0 Å². The first-order valence-electron chi connectivity index (χ1n) is 3.89. The van der Waals surface area contributed by atoms with Crippen LogP contribution < -0.4 is 5.73 Å². The SMILES string of the molecule is Nc1ccc(S(=O)C(F)(F)C(F)F)cc1Cl. The second-order valence-electron chi connectivity index (χ2n) is 2.81. The lowest BCUT2D eigenvalue weighted by Crippen LogP contribution is -2.31. The quantitative estimate of drug-likeness (QED) is 0.681. The van der Waals surface area contributed by atoms with E-state index in [0.717, 1.165) is 18.2 Å². The van der Waals surface area contributed by atoms with Gasteiger partial charge in [0, 0.05) is 4.90 Å². The van der Waals surface area contributed by atoms with Crippen LogP contribution in [0.3, 0.4) is 0 Å². The fourth-order valence-electron chi connectivity index (χ4n) is 0.861. The second-order valence-corrected chi connectivity index (χ2v) is 4.77. The van der Waals surface area contributed by atoms with Crippen molar-refractivity contribution in [3.8, 4) is 0 Å². The highest BCUT2D eigenvalue weighted by molar-refractivity contribution is 7.86. The van der Waals surface area contributed by atoms with Gasteiger partial charge in [0.2, 0.25) is 0 Å². The zero-order chi connectivity index (χ0) is 12.5. The van der Waals surface area contributed by atoms with Crippen LogP contribution in [0, 0.1) is 0 Å². The summed E-state index contributed by atoms with van der Waals surface area (Å²) in [5, 5.41) is -4.73. The number of halogens is 5. The van der Waals surface area contributed by atoms with E-state index in [1.54, 1.807) is 0 Å². The fraction of sp³-hybridized carbons (Fsp3) is 0.250. The van der Waals surface area contributed by atoms with E-state index >= 15 is 0 Å². The van der Waals surface area contributed by atoms with Gasteiger partial charge >= 0.3 is 11.7 Å². The normalized spacial score (nSPS) is 14.1. The van der Waals surface area contributed by atoms with Crippen molar-refractivity contribution >= 4 is 28.1 Å². The molecule has 2 N–H and O–H groups in total. The number of rotatable bonds is 3. The molecular weight excluding hydrogens is 270 g/mol. The van der Waals surface area contributed by atoms with Crippen molar-refractivity contribution in [2.75, 3.05) is 5.73 Å². The molecule has 1 unspecified atom stereocenters. The first kappa shape index (κ1) is 13.2. The lowest BCUT2D eigenvalue weighted by molar-refractivity contribution is -0.0602. The van der Waals surface area contributed by atoms with Crippen molar-refractivity contribution in [3.05, 3.63) is 23.2 Å². The minimum absolute atomic E-state index is 0.0859. The van der Waals surface area contributed by atoms with Gasteiger partial charge in [-0.05, 0) is 18.2 Å². The molecule has 1 aromatic rings. The minimum atomic E-state index is -4.61. The Morgan fingerprint density at radius 2 is 1.94 bits per heavy atom. The Kier molecular flexibility index (Phi) is 3.80. The maximum absolute atomic E-state index is 12.7. The molecule has 0 aliphatic rings. The number of alkyl halides is 4. The molecule has 2 nitrogen and oxygen atoms in total. The lowest BCUT2D eigenvalue weighted by atomic mass is 10.3. The molecule has 0 aromatic heterocycles. The van der Waals surface area contributed by atoms with Gasteiger partial charge in [0.15, 0.2) is 0 Å². The topological polar surface area (TPSA) is 43.1 Å². The van der Waals surface area contributed by atoms with E-state index < -0.39 is 27.4 Å². The van der Waals surface area contributed by atoms with E-state index in [-0.39, 0.29) is 10.7 Å². The zero-order valence-corrected chi connectivity index (χ0v) is 9.17. The molecule has 0 spiro atoms. The Bertz CT molecular complexity index is 426. The van der Waals surface area contributed by atoms with Crippen LogP contribution in [-0.4, -0.2) is 15.9 Å². The van der Waals surface area contributed by atoms with Crippen molar-refractivity contribution in [1.82, 2.24) is 0 Å². The minimum Gasteiger partial charge on any atom is -0.398 e. The van der Waals surface area contributed by atoms with E-state index in [2.05, 4.69) is 0 Å². The molecule has 0 saturated carbocycles. The molecule has 0 heterocycles. The van der Waals surface area contributed by atoms with Gasteiger partial charge in [-0.2, -0.15) is 8.78 Å². The van der Waals surface area contributed by atoms with Gasteiger partial charge in [0.25, 0.3) is 0 Å². The summed E-state index contributed by atoms with van der Waals surface area (Å²) in [6.07, 6.45) is -4.01. The molecule has 16 heavy (non-hydrogen) atoms. The molecule has 90 valence electrons. The average molecular weight is 276 g/mol. The summed E-state index contributed by atoms with van der Waals surface area (Å²) in [4.78, 5) is -0.496. The predicted molar refractivity (Wildman–Crippen MR) is 53.2 cm³/mol. The van der Waals surface area contributed by atoms with Crippen LogP contribution in [0.5, 0.6) is 0 Å². The Hall–Kier alpha value is -0.820. The predicted octanol–water partition coefficient (Wildman–Crippen LogP) is 2.89. The lowest BCUT2D eigenvalue weighted by Gasteiger charge is -2.14. The summed E-state index contributed by atoms with van der Waals surface area (Å²) in [5.41, 5.74) is 5.38. The van der Waals surface area contributed by atoms with Gasteiger partial charge in [0.1, 0.15) is 10.8 Å². The number of benzene rings is 1. The van der Waals surface area contributed by atoms with Crippen LogP contribution in [0.1, 0.15) is 0 Å². The number of hydrogen-bond acceptors (Lipinski definition) is 2. The second kappa shape index (κ2) is 4.58. The molecule has 0 amide bonds. The third-order valence-corrected chi connectivity index (χ3v) is 3.37. The summed E-state index contributed by atoms with van der Waals surface area (Å²) < 4.78 is 60.5. The smallest absolute Gasteiger partial charge is 0.384 e. The summed E-state index contributed by atoms with van der Waals surface area (Å²) in [6.45, 7) is 0. The monoisotopic (exact) mass is 275 g/mol. The molecule has 0 saturated heterocycles. The molecule has 0 bridgehead atoms. The molecule has 1 rings (SSSR count). The highest BCUT2D eigenvalue weighted by Crippen LogP contribution is 2.33. The Morgan fingerprint density at radius 3 is 2.38 bits per heavy atom. The van der Waals surface area contributed by atoms with E-state index in [4.69, 9.17) is 17.3 Å². The molecule has 0 fully saturated rings. The van der Waals surface area contributed by atoms with Crippen LogP contribution in [0.2, 0.25) is 5.02 Å². The Balaban J connectivity index is 3.11. The van der Waals surface area contributed by atoms with E-state index in [0.29, 0.717) is 0 Å². The third kappa shape index (κ3) is 2.46. The van der Waals surface area contributed by atoms with Crippen LogP contribution in [-0.2, 0) is 10.8 Å². The molecule has 0 radical (unpaired) electrons. The van der Waals surface area contributed by atoms with Crippen molar-refractivity contribution in [1.29, 1.82) is 0 Å².